The molecule has 0 atom stereocenters. The molecule has 158 valence electrons. The highest BCUT2D eigenvalue weighted by Gasteiger charge is 2.20. The van der Waals surface area contributed by atoms with Crippen LogP contribution >= 0.6 is 11.3 Å². The maximum Gasteiger partial charge on any atom is 0.264 e. The maximum atomic E-state index is 13.1. The molecule has 0 aliphatic carbocycles. The number of carbonyl (C=O) groups is 2. The van der Waals surface area contributed by atoms with E-state index in [9.17, 15) is 9.59 Å². The second-order valence-corrected chi connectivity index (χ2v) is 8.84. The molecule has 6 nitrogen and oxygen atoms in total. The number of likely N-dealkylation sites (N-methyl/N-ethyl adjacent to an activating group) is 1. The highest BCUT2D eigenvalue weighted by molar-refractivity contribution is 7.12. The lowest BCUT2D eigenvalue weighted by molar-refractivity contribution is -0.118. The van der Waals surface area contributed by atoms with Crippen molar-refractivity contribution in [3.05, 3.63) is 46.2 Å². The highest BCUT2D eigenvalue weighted by atomic mass is 32.1. The molecule has 0 spiro atoms. The van der Waals surface area contributed by atoms with Gasteiger partial charge in [0.05, 0.1) is 4.88 Å². The fourth-order valence-corrected chi connectivity index (χ4v) is 3.54. The molecule has 0 unspecified atom stereocenters. The summed E-state index contributed by atoms with van der Waals surface area (Å²) in [5.74, 6) is -0.0835. The van der Waals surface area contributed by atoms with Crippen LogP contribution in [0.25, 0.3) is 0 Å². The van der Waals surface area contributed by atoms with Crippen LogP contribution in [0.3, 0.4) is 0 Å². The van der Waals surface area contributed by atoms with E-state index in [1.165, 1.54) is 11.3 Å². The molecule has 2 amide bonds. The molecule has 0 saturated heterocycles. The normalized spacial score (nSPS) is 11.0. The zero-order valence-corrected chi connectivity index (χ0v) is 19.0. The van der Waals surface area contributed by atoms with Crippen LogP contribution in [0.4, 0.5) is 11.4 Å². The first kappa shape index (κ1) is 22.9. The number of anilines is 2. The number of benzene rings is 1. The Morgan fingerprint density at radius 1 is 1.07 bits per heavy atom. The van der Waals surface area contributed by atoms with E-state index in [2.05, 4.69) is 10.2 Å². The Labute approximate surface area is 178 Å². The number of hydrogen-bond acceptors (Lipinski definition) is 5. The summed E-state index contributed by atoms with van der Waals surface area (Å²) in [6.07, 6.45) is 0. The molecule has 29 heavy (non-hydrogen) atoms. The van der Waals surface area contributed by atoms with Crippen molar-refractivity contribution in [1.29, 1.82) is 0 Å². The van der Waals surface area contributed by atoms with Gasteiger partial charge in [-0.25, -0.2) is 0 Å². The van der Waals surface area contributed by atoms with Crippen molar-refractivity contribution in [3.63, 3.8) is 0 Å². The summed E-state index contributed by atoms with van der Waals surface area (Å²) in [7, 11) is 7.97. The average molecular weight is 417 g/mol. The lowest BCUT2D eigenvalue weighted by atomic mass is 10.1. The van der Waals surface area contributed by atoms with Crippen molar-refractivity contribution < 1.29 is 9.59 Å². The molecule has 0 fully saturated rings. The second kappa shape index (κ2) is 10.4. The van der Waals surface area contributed by atoms with Crippen LogP contribution in [0.2, 0.25) is 0 Å². The number of thiophene rings is 1. The maximum absolute atomic E-state index is 13.1. The monoisotopic (exact) mass is 416 g/mol. The minimum absolute atomic E-state index is 0.0207. The number of nitrogens with one attached hydrogen (secondary N) is 1. The zero-order valence-electron chi connectivity index (χ0n) is 18.2. The van der Waals surface area contributed by atoms with Crippen molar-refractivity contribution in [1.82, 2.24) is 9.80 Å². The van der Waals surface area contributed by atoms with Crippen molar-refractivity contribution in [2.45, 2.75) is 20.4 Å². The molecule has 1 heterocycles. The molecule has 0 saturated carbocycles. The summed E-state index contributed by atoms with van der Waals surface area (Å²) in [5, 5.41) is 4.88. The predicted molar refractivity (Wildman–Crippen MR) is 122 cm³/mol. The molecule has 0 bridgehead atoms. The fraction of sp³-hybridized carbons (Fsp3) is 0.455. The minimum atomic E-state index is -0.0935. The minimum Gasteiger partial charge on any atom is -0.377 e. The van der Waals surface area contributed by atoms with Gasteiger partial charge in [0.2, 0.25) is 5.91 Å². The zero-order chi connectivity index (χ0) is 21.6. The molecule has 2 aromatic rings. The number of nitrogens with zero attached hydrogens (tertiary/aromatic N) is 3. The van der Waals surface area contributed by atoms with Crippen molar-refractivity contribution in [2.75, 3.05) is 51.5 Å². The van der Waals surface area contributed by atoms with Gasteiger partial charge in [-0.3, -0.25) is 9.59 Å². The largest absolute Gasteiger partial charge is 0.377 e. The van der Waals surface area contributed by atoms with Crippen LogP contribution in [-0.2, 0) is 11.3 Å². The van der Waals surface area contributed by atoms with Crippen molar-refractivity contribution in [3.8, 4) is 0 Å². The van der Waals surface area contributed by atoms with Gasteiger partial charge in [0, 0.05) is 51.0 Å². The lowest BCUT2D eigenvalue weighted by Gasteiger charge is -2.27. The Bertz CT molecular complexity index is 816. The quantitative estimate of drug-likeness (QED) is 0.678. The highest BCUT2D eigenvalue weighted by Crippen LogP contribution is 2.26. The topological polar surface area (TPSA) is 55.9 Å². The van der Waals surface area contributed by atoms with Gasteiger partial charge < -0.3 is 20.0 Å². The third-order valence-electron chi connectivity index (χ3n) is 4.55. The smallest absolute Gasteiger partial charge is 0.264 e. The molecule has 1 aromatic heterocycles. The van der Waals surface area contributed by atoms with Gasteiger partial charge in [-0.2, -0.15) is 0 Å². The van der Waals surface area contributed by atoms with E-state index in [1.54, 1.807) is 0 Å². The van der Waals surface area contributed by atoms with E-state index in [4.69, 9.17) is 0 Å². The Morgan fingerprint density at radius 3 is 2.34 bits per heavy atom. The third kappa shape index (κ3) is 6.58. The Balaban J connectivity index is 2.33. The molecule has 0 aliphatic rings. The standard InChI is InChI=1S/C22H32N4O2S/c1-16(2)21(27)23-18-9-10-19(25(5)6)17(14-18)15-26(12-11-24(3)4)22(28)20-8-7-13-29-20/h7-10,13-14,16H,11-12,15H2,1-6H3,(H,23,27). The van der Waals surface area contributed by atoms with Gasteiger partial charge in [-0.1, -0.05) is 19.9 Å². The molecule has 7 heteroatoms. The Hall–Kier alpha value is -2.38. The van der Waals surface area contributed by atoms with E-state index in [0.717, 1.165) is 28.4 Å². The summed E-state index contributed by atoms with van der Waals surface area (Å²) >= 11 is 1.46. The fourth-order valence-electron chi connectivity index (χ4n) is 2.85. The molecule has 1 N–H and O–H groups in total. The van der Waals surface area contributed by atoms with E-state index in [-0.39, 0.29) is 17.7 Å². The summed E-state index contributed by atoms with van der Waals surface area (Å²) < 4.78 is 0. The summed E-state index contributed by atoms with van der Waals surface area (Å²) in [6.45, 7) is 5.61. The number of carbonyl (C=O) groups excluding carboxylic acids is 2. The van der Waals surface area contributed by atoms with Gasteiger partial charge >= 0.3 is 0 Å². The first-order chi connectivity index (χ1) is 13.7. The van der Waals surface area contributed by atoms with Crippen LogP contribution in [-0.4, -0.2) is 62.9 Å². The molecular weight excluding hydrogens is 384 g/mol. The van der Waals surface area contributed by atoms with Crippen LogP contribution in [0.5, 0.6) is 0 Å². The average Bonchev–Trinajstić information content (AvgIpc) is 3.18. The summed E-state index contributed by atoms with van der Waals surface area (Å²) in [5.41, 5.74) is 2.78. The van der Waals surface area contributed by atoms with Crippen LogP contribution in [0.15, 0.2) is 35.7 Å². The number of rotatable bonds is 9. The molecule has 0 radical (unpaired) electrons. The van der Waals surface area contributed by atoms with E-state index < -0.39 is 0 Å². The van der Waals surface area contributed by atoms with Crippen LogP contribution in [0, 0.1) is 5.92 Å². The van der Waals surface area contributed by atoms with Gasteiger partial charge in [0.25, 0.3) is 5.91 Å². The van der Waals surface area contributed by atoms with Crippen molar-refractivity contribution >= 4 is 34.5 Å². The summed E-state index contributed by atoms with van der Waals surface area (Å²) in [4.78, 5) is 31.9. The first-order valence-electron chi connectivity index (χ1n) is 9.77. The lowest BCUT2D eigenvalue weighted by Crippen LogP contribution is -2.36. The molecule has 2 rings (SSSR count). The van der Waals surface area contributed by atoms with Crippen molar-refractivity contribution in [2.24, 2.45) is 5.92 Å². The second-order valence-electron chi connectivity index (χ2n) is 7.89. The predicted octanol–water partition coefficient (Wildman–Crippen LogP) is 3.61. The van der Waals surface area contributed by atoms with Gasteiger partial charge in [0.1, 0.15) is 0 Å². The van der Waals surface area contributed by atoms with Gasteiger partial charge in [-0.05, 0) is 49.3 Å². The Kier molecular flexibility index (Phi) is 8.22. The van der Waals surface area contributed by atoms with Gasteiger partial charge in [-0.15, -0.1) is 11.3 Å². The number of amides is 2. The summed E-state index contributed by atoms with van der Waals surface area (Å²) in [6, 6.07) is 9.63. The molecular formula is C22H32N4O2S. The first-order valence-corrected chi connectivity index (χ1v) is 10.7. The van der Waals surface area contributed by atoms with Gasteiger partial charge in [0.15, 0.2) is 0 Å². The van der Waals surface area contributed by atoms with E-state index >= 15 is 0 Å². The van der Waals surface area contributed by atoms with Crippen LogP contribution in [0.1, 0.15) is 29.1 Å². The Morgan fingerprint density at radius 2 is 1.79 bits per heavy atom. The van der Waals surface area contributed by atoms with Crippen LogP contribution < -0.4 is 10.2 Å². The number of hydrogen-bond donors (Lipinski definition) is 1. The third-order valence-corrected chi connectivity index (χ3v) is 5.41. The van der Waals surface area contributed by atoms with E-state index in [0.29, 0.717) is 13.1 Å². The molecule has 1 aromatic carbocycles. The SMILES string of the molecule is CC(C)C(=O)Nc1ccc(N(C)C)c(CN(CCN(C)C)C(=O)c2cccs2)c1. The van der Waals surface area contributed by atoms with E-state index in [1.807, 2.05) is 87.5 Å². The molecule has 0 aliphatic heterocycles.